The Hall–Kier alpha value is -2.41. The van der Waals surface area contributed by atoms with Crippen LogP contribution in [0.5, 0.6) is 0 Å². The average molecular weight is 369 g/mol. The van der Waals surface area contributed by atoms with E-state index in [9.17, 15) is 4.79 Å². The Morgan fingerprint density at radius 2 is 2.19 bits per heavy atom. The molecule has 4 heterocycles. The summed E-state index contributed by atoms with van der Waals surface area (Å²) < 4.78 is 1.89. The molecule has 136 valence electrons. The Morgan fingerprint density at radius 1 is 1.35 bits per heavy atom. The van der Waals surface area contributed by atoms with Crippen molar-refractivity contribution in [2.45, 2.75) is 39.7 Å². The Labute approximate surface area is 156 Å². The quantitative estimate of drug-likeness (QED) is 0.768. The summed E-state index contributed by atoms with van der Waals surface area (Å²) in [6.07, 6.45) is 2.04. The number of anilines is 1. The number of nitrogens with zero attached hydrogens (tertiary/aromatic N) is 4. The molecule has 1 saturated heterocycles. The lowest BCUT2D eigenvalue weighted by atomic mass is 10.1. The molecule has 6 nitrogen and oxygen atoms in total. The van der Waals surface area contributed by atoms with Crippen molar-refractivity contribution >= 4 is 28.7 Å². The molecule has 1 amide bonds. The van der Waals surface area contributed by atoms with E-state index in [1.54, 1.807) is 0 Å². The van der Waals surface area contributed by atoms with Crippen LogP contribution in [0.25, 0.3) is 5.65 Å². The maximum atomic E-state index is 12.7. The summed E-state index contributed by atoms with van der Waals surface area (Å²) in [5.41, 5.74) is 3.96. The molecule has 1 N–H and O–H groups in total. The number of carbonyl (C=O) groups excluding carboxylic acids is 1. The maximum absolute atomic E-state index is 12.7. The minimum Gasteiger partial charge on any atom is -0.365 e. The van der Waals surface area contributed by atoms with Gasteiger partial charge in [0.05, 0.1) is 10.6 Å². The fourth-order valence-electron chi connectivity index (χ4n) is 3.50. The highest BCUT2D eigenvalue weighted by molar-refractivity contribution is 7.12. The Balaban J connectivity index is 1.56. The van der Waals surface area contributed by atoms with Crippen molar-refractivity contribution in [1.29, 1.82) is 0 Å². The van der Waals surface area contributed by atoms with Crippen LogP contribution >= 0.6 is 11.3 Å². The molecule has 0 spiro atoms. The number of hydrogen-bond donors (Lipinski definition) is 1. The van der Waals surface area contributed by atoms with Gasteiger partial charge in [-0.15, -0.1) is 11.3 Å². The second-order valence-corrected chi connectivity index (χ2v) is 7.89. The normalized spacial score (nSPS) is 17.7. The predicted octanol–water partition coefficient (Wildman–Crippen LogP) is 3.43. The van der Waals surface area contributed by atoms with Gasteiger partial charge in [0.15, 0.2) is 5.65 Å². The third-order valence-corrected chi connectivity index (χ3v) is 5.84. The first kappa shape index (κ1) is 17.0. The van der Waals surface area contributed by atoms with Crippen LogP contribution in [-0.2, 0) is 0 Å². The number of hydrogen-bond acceptors (Lipinski definition) is 5. The van der Waals surface area contributed by atoms with E-state index in [0.29, 0.717) is 6.54 Å². The second-order valence-electron chi connectivity index (χ2n) is 6.94. The topological polar surface area (TPSA) is 62.5 Å². The monoisotopic (exact) mass is 369 g/mol. The standard InChI is InChI=1S/C19H23N5OS/c1-12-10-17(24-18(20-12)13(2)14(3)22-24)21-15-6-4-8-23(11-15)19(25)16-7-5-9-26-16/h5,7,9-10,15,21H,4,6,8,11H2,1-3H3/t15-/m1/s1. The molecule has 0 aliphatic carbocycles. The first-order valence-electron chi connectivity index (χ1n) is 8.96. The van der Waals surface area contributed by atoms with E-state index in [-0.39, 0.29) is 11.9 Å². The van der Waals surface area contributed by atoms with Crippen LogP contribution in [0.4, 0.5) is 5.82 Å². The number of carbonyl (C=O) groups is 1. The number of thiophene rings is 1. The molecule has 0 aromatic carbocycles. The zero-order valence-corrected chi connectivity index (χ0v) is 16.1. The van der Waals surface area contributed by atoms with Crippen LogP contribution in [-0.4, -0.2) is 44.5 Å². The molecule has 3 aromatic rings. The lowest BCUT2D eigenvalue weighted by Gasteiger charge is -2.33. The molecule has 4 rings (SSSR count). The van der Waals surface area contributed by atoms with Crippen LogP contribution in [0, 0.1) is 20.8 Å². The van der Waals surface area contributed by atoms with E-state index in [0.717, 1.165) is 52.7 Å². The van der Waals surface area contributed by atoms with Crippen LogP contribution < -0.4 is 5.32 Å². The number of aromatic nitrogens is 3. The van der Waals surface area contributed by atoms with Gasteiger partial charge >= 0.3 is 0 Å². The molecule has 1 atom stereocenters. The van der Waals surface area contributed by atoms with Gasteiger partial charge in [0, 0.05) is 36.5 Å². The number of rotatable bonds is 3. The fraction of sp³-hybridized carbons (Fsp3) is 0.421. The SMILES string of the molecule is Cc1cc(N[C@@H]2CCCN(C(=O)c3cccs3)C2)n2nc(C)c(C)c2n1. The molecule has 1 aliphatic heterocycles. The van der Waals surface area contributed by atoms with Crippen LogP contribution in [0.1, 0.15) is 39.5 Å². The lowest BCUT2D eigenvalue weighted by molar-refractivity contribution is 0.0719. The molecular weight excluding hydrogens is 346 g/mol. The summed E-state index contributed by atoms with van der Waals surface area (Å²) in [5.74, 6) is 1.08. The molecule has 1 fully saturated rings. The van der Waals surface area contributed by atoms with Gasteiger partial charge in [-0.3, -0.25) is 4.79 Å². The Bertz CT molecular complexity index is 947. The molecule has 26 heavy (non-hydrogen) atoms. The number of amides is 1. The Kier molecular flexibility index (Phi) is 4.40. The van der Waals surface area contributed by atoms with E-state index >= 15 is 0 Å². The van der Waals surface area contributed by atoms with Crippen LogP contribution in [0.15, 0.2) is 23.6 Å². The van der Waals surface area contributed by atoms with E-state index in [1.165, 1.54) is 11.3 Å². The van der Waals surface area contributed by atoms with Gasteiger partial charge in [0.25, 0.3) is 5.91 Å². The van der Waals surface area contributed by atoms with Crippen molar-refractivity contribution in [3.8, 4) is 0 Å². The highest BCUT2D eigenvalue weighted by atomic mass is 32.1. The zero-order valence-electron chi connectivity index (χ0n) is 15.3. The first-order valence-corrected chi connectivity index (χ1v) is 9.84. The number of nitrogens with one attached hydrogen (secondary N) is 1. The number of piperidine rings is 1. The van der Waals surface area contributed by atoms with Crippen molar-refractivity contribution in [2.24, 2.45) is 0 Å². The molecule has 7 heteroatoms. The van der Waals surface area contributed by atoms with Crippen molar-refractivity contribution in [2.75, 3.05) is 18.4 Å². The molecule has 0 radical (unpaired) electrons. The number of aryl methyl sites for hydroxylation is 3. The summed E-state index contributed by atoms with van der Waals surface area (Å²) in [6, 6.07) is 6.06. The van der Waals surface area contributed by atoms with E-state index in [2.05, 4.69) is 22.3 Å². The smallest absolute Gasteiger partial charge is 0.263 e. The summed E-state index contributed by atoms with van der Waals surface area (Å²) in [4.78, 5) is 20.0. The zero-order chi connectivity index (χ0) is 18.3. The highest BCUT2D eigenvalue weighted by Gasteiger charge is 2.25. The van der Waals surface area contributed by atoms with Gasteiger partial charge in [-0.1, -0.05) is 6.07 Å². The summed E-state index contributed by atoms with van der Waals surface area (Å²) >= 11 is 1.50. The number of likely N-dealkylation sites (tertiary alicyclic amines) is 1. The fourth-order valence-corrected chi connectivity index (χ4v) is 4.19. The van der Waals surface area contributed by atoms with Gasteiger partial charge in [0.1, 0.15) is 5.82 Å². The maximum Gasteiger partial charge on any atom is 0.263 e. The minimum atomic E-state index is 0.133. The predicted molar refractivity (Wildman–Crippen MR) is 104 cm³/mol. The summed E-state index contributed by atoms with van der Waals surface area (Å²) in [7, 11) is 0. The Morgan fingerprint density at radius 3 is 2.96 bits per heavy atom. The van der Waals surface area contributed by atoms with Crippen LogP contribution in [0.3, 0.4) is 0 Å². The molecular formula is C19H23N5OS. The molecule has 0 unspecified atom stereocenters. The van der Waals surface area contributed by atoms with Crippen molar-refractivity contribution < 1.29 is 4.79 Å². The largest absolute Gasteiger partial charge is 0.365 e. The average Bonchev–Trinajstić information content (AvgIpc) is 3.25. The molecule has 3 aromatic heterocycles. The summed E-state index contributed by atoms with van der Waals surface area (Å²) in [5, 5.41) is 10.2. The summed E-state index contributed by atoms with van der Waals surface area (Å²) in [6.45, 7) is 7.58. The van der Waals surface area contributed by atoms with Gasteiger partial charge in [0.2, 0.25) is 0 Å². The van der Waals surface area contributed by atoms with E-state index in [4.69, 9.17) is 0 Å². The second kappa shape index (κ2) is 6.72. The lowest BCUT2D eigenvalue weighted by Crippen LogP contribution is -2.45. The number of fused-ring (bicyclic) bond motifs is 1. The molecule has 0 saturated carbocycles. The molecule has 1 aliphatic rings. The van der Waals surface area contributed by atoms with Gasteiger partial charge in [-0.05, 0) is 45.1 Å². The van der Waals surface area contributed by atoms with Crippen LogP contribution in [0.2, 0.25) is 0 Å². The van der Waals surface area contributed by atoms with Crippen molar-refractivity contribution in [3.05, 3.63) is 45.4 Å². The first-order chi connectivity index (χ1) is 12.5. The van der Waals surface area contributed by atoms with Crippen molar-refractivity contribution in [1.82, 2.24) is 19.5 Å². The van der Waals surface area contributed by atoms with Crippen molar-refractivity contribution in [3.63, 3.8) is 0 Å². The van der Waals surface area contributed by atoms with E-state index < -0.39 is 0 Å². The van der Waals surface area contributed by atoms with E-state index in [1.807, 2.05) is 46.8 Å². The van der Waals surface area contributed by atoms with Gasteiger partial charge in [-0.25, -0.2) is 4.98 Å². The minimum absolute atomic E-state index is 0.133. The highest BCUT2D eigenvalue weighted by Crippen LogP contribution is 2.22. The third-order valence-electron chi connectivity index (χ3n) is 4.98. The third kappa shape index (κ3) is 3.07. The molecule has 0 bridgehead atoms. The van der Waals surface area contributed by atoms with Gasteiger partial charge in [-0.2, -0.15) is 9.61 Å². The van der Waals surface area contributed by atoms with Gasteiger partial charge < -0.3 is 10.2 Å².